The van der Waals surface area contributed by atoms with Crippen molar-refractivity contribution in [2.24, 2.45) is 5.10 Å². The lowest BCUT2D eigenvalue weighted by Crippen LogP contribution is -2.19. The lowest BCUT2D eigenvalue weighted by molar-refractivity contribution is -0.118. The van der Waals surface area contributed by atoms with Gasteiger partial charge in [0.2, 0.25) is 6.79 Å². The fourth-order valence-corrected chi connectivity index (χ4v) is 3.11. The molecule has 9 heteroatoms. The van der Waals surface area contributed by atoms with Crippen LogP contribution in [-0.2, 0) is 4.79 Å². The number of para-hydroxylation sites is 2. The quantitative estimate of drug-likeness (QED) is 0.408. The summed E-state index contributed by atoms with van der Waals surface area (Å²) < 4.78 is 16.1. The van der Waals surface area contributed by atoms with Crippen LogP contribution in [-0.4, -0.2) is 29.7 Å². The van der Waals surface area contributed by atoms with Crippen molar-refractivity contribution in [1.82, 2.24) is 10.4 Å². The number of fused-ring (bicyclic) bond motifs is 2. The first-order chi connectivity index (χ1) is 12.7. The molecular weight excluding hydrogens is 378 g/mol. The Bertz CT molecular complexity index is 972. The monoisotopic (exact) mass is 389 g/mol. The molecule has 0 spiro atoms. The van der Waals surface area contributed by atoms with E-state index in [1.165, 1.54) is 18.0 Å². The minimum atomic E-state index is -0.287. The van der Waals surface area contributed by atoms with Gasteiger partial charge < -0.3 is 13.9 Å². The second kappa shape index (κ2) is 7.27. The Labute approximate surface area is 157 Å². The molecule has 1 N–H and O–H groups in total. The van der Waals surface area contributed by atoms with Crippen LogP contribution in [0.1, 0.15) is 5.56 Å². The molecule has 0 saturated carbocycles. The molecule has 1 aromatic heterocycles. The third-order valence-electron chi connectivity index (χ3n) is 3.49. The molecule has 0 atom stereocenters. The number of thioether (sulfide) groups is 1. The fourth-order valence-electron chi connectivity index (χ4n) is 2.28. The highest BCUT2D eigenvalue weighted by Crippen LogP contribution is 2.36. The van der Waals surface area contributed by atoms with E-state index in [4.69, 9.17) is 25.5 Å². The van der Waals surface area contributed by atoms with Gasteiger partial charge >= 0.3 is 0 Å². The number of rotatable bonds is 5. The van der Waals surface area contributed by atoms with Gasteiger partial charge in [-0.05, 0) is 18.2 Å². The van der Waals surface area contributed by atoms with E-state index in [-0.39, 0.29) is 18.5 Å². The largest absolute Gasteiger partial charge is 0.454 e. The SMILES string of the molecule is O=C(CSc1nc2ccccc2o1)N/N=C\c1cc2c(cc1Cl)OCO2. The first-order valence-corrected chi connectivity index (χ1v) is 8.95. The number of oxazole rings is 1. The predicted molar refractivity (Wildman–Crippen MR) is 98.0 cm³/mol. The Morgan fingerprint density at radius 3 is 2.96 bits per heavy atom. The normalized spacial score (nSPS) is 12.8. The number of amides is 1. The van der Waals surface area contributed by atoms with E-state index >= 15 is 0 Å². The highest BCUT2D eigenvalue weighted by atomic mass is 35.5. The van der Waals surface area contributed by atoms with E-state index in [1.54, 1.807) is 12.1 Å². The Balaban J connectivity index is 1.33. The third kappa shape index (κ3) is 3.61. The zero-order chi connectivity index (χ0) is 17.9. The molecule has 0 aliphatic carbocycles. The Kier molecular flexibility index (Phi) is 4.68. The minimum absolute atomic E-state index is 0.124. The summed E-state index contributed by atoms with van der Waals surface area (Å²) in [6.45, 7) is 0.163. The first kappa shape index (κ1) is 16.7. The average molecular weight is 390 g/mol. The van der Waals surface area contributed by atoms with Crippen molar-refractivity contribution in [2.75, 3.05) is 12.5 Å². The Hall–Kier alpha value is -2.71. The molecule has 2 aromatic carbocycles. The molecule has 0 fully saturated rings. The molecule has 1 aliphatic rings. The standard InChI is InChI=1S/C17H12ClN3O4S/c18-11-6-15-14(23-9-24-15)5-10(11)7-19-21-16(22)8-26-17-20-12-3-1-2-4-13(12)25-17/h1-7H,8-9H2,(H,21,22)/b19-7-. The minimum Gasteiger partial charge on any atom is -0.454 e. The van der Waals surface area contributed by atoms with Crippen molar-refractivity contribution < 1.29 is 18.7 Å². The van der Waals surface area contributed by atoms with Crippen molar-refractivity contribution in [3.8, 4) is 11.5 Å². The van der Waals surface area contributed by atoms with Crippen LogP contribution in [0.5, 0.6) is 11.5 Å². The lowest BCUT2D eigenvalue weighted by atomic mass is 10.2. The van der Waals surface area contributed by atoms with Crippen LogP contribution in [0.15, 0.2) is 51.1 Å². The van der Waals surface area contributed by atoms with Crippen LogP contribution < -0.4 is 14.9 Å². The molecule has 0 saturated heterocycles. The van der Waals surface area contributed by atoms with Gasteiger partial charge in [0, 0.05) is 11.6 Å². The molecule has 7 nitrogen and oxygen atoms in total. The number of carbonyl (C=O) groups excluding carboxylic acids is 1. The summed E-state index contributed by atoms with van der Waals surface area (Å²) in [5.74, 6) is 1.02. The summed E-state index contributed by atoms with van der Waals surface area (Å²) in [5.41, 5.74) is 4.49. The summed E-state index contributed by atoms with van der Waals surface area (Å²) in [6, 6.07) is 10.8. The van der Waals surface area contributed by atoms with Crippen LogP contribution in [0.3, 0.4) is 0 Å². The summed E-state index contributed by atoms with van der Waals surface area (Å²) in [5, 5.41) is 4.80. The molecule has 4 rings (SSSR count). The summed E-state index contributed by atoms with van der Waals surface area (Å²) in [6.07, 6.45) is 1.45. The number of ether oxygens (including phenoxy) is 2. The van der Waals surface area contributed by atoms with E-state index in [1.807, 2.05) is 24.3 Å². The van der Waals surface area contributed by atoms with Crippen LogP contribution in [0.25, 0.3) is 11.1 Å². The molecule has 3 aromatic rings. The summed E-state index contributed by atoms with van der Waals surface area (Å²) in [4.78, 5) is 16.2. The van der Waals surface area contributed by atoms with E-state index in [2.05, 4.69) is 15.5 Å². The third-order valence-corrected chi connectivity index (χ3v) is 4.64. The highest BCUT2D eigenvalue weighted by Gasteiger charge is 2.15. The van der Waals surface area contributed by atoms with Crippen LogP contribution >= 0.6 is 23.4 Å². The highest BCUT2D eigenvalue weighted by molar-refractivity contribution is 7.99. The predicted octanol–water partition coefficient (Wildman–Crippen LogP) is 3.45. The van der Waals surface area contributed by atoms with Gasteiger partial charge in [0.15, 0.2) is 17.1 Å². The van der Waals surface area contributed by atoms with Crippen molar-refractivity contribution in [3.05, 3.63) is 47.0 Å². The van der Waals surface area contributed by atoms with Crippen molar-refractivity contribution in [2.45, 2.75) is 5.22 Å². The molecular formula is C17H12ClN3O4S. The van der Waals surface area contributed by atoms with Gasteiger partial charge in [0.05, 0.1) is 17.0 Å². The molecule has 26 heavy (non-hydrogen) atoms. The number of hydrazone groups is 1. The summed E-state index contributed by atoms with van der Waals surface area (Å²) in [7, 11) is 0. The van der Waals surface area contributed by atoms with E-state index in [0.29, 0.717) is 32.9 Å². The van der Waals surface area contributed by atoms with Crippen LogP contribution in [0.4, 0.5) is 0 Å². The Morgan fingerprint density at radius 2 is 2.12 bits per heavy atom. The van der Waals surface area contributed by atoms with Gasteiger partial charge in [0.1, 0.15) is 5.52 Å². The second-order valence-corrected chi connectivity index (χ2v) is 6.59. The topological polar surface area (TPSA) is 86.0 Å². The van der Waals surface area contributed by atoms with E-state index in [0.717, 1.165) is 5.52 Å². The molecule has 1 aliphatic heterocycles. The van der Waals surface area contributed by atoms with Crippen molar-refractivity contribution >= 4 is 46.6 Å². The van der Waals surface area contributed by atoms with Gasteiger partial charge in [0.25, 0.3) is 11.1 Å². The number of carbonyl (C=O) groups is 1. The number of nitrogens with one attached hydrogen (secondary N) is 1. The fraction of sp³-hybridized carbons (Fsp3) is 0.118. The number of aromatic nitrogens is 1. The zero-order valence-electron chi connectivity index (χ0n) is 13.3. The maximum atomic E-state index is 11.9. The summed E-state index contributed by atoms with van der Waals surface area (Å²) >= 11 is 7.33. The van der Waals surface area contributed by atoms with Gasteiger partial charge in [-0.15, -0.1) is 0 Å². The van der Waals surface area contributed by atoms with Crippen LogP contribution in [0.2, 0.25) is 5.02 Å². The lowest BCUT2D eigenvalue weighted by Gasteiger charge is -2.01. The molecule has 0 radical (unpaired) electrons. The molecule has 0 bridgehead atoms. The molecule has 2 heterocycles. The molecule has 0 unspecified atom stereocenters. The zero-order valence-corrected chi connectivity index (χ0v) is 14.8. The number of hydrogen-bond acceptors (Lipinski definition) is 7. The van der Waals surface area contributed by atoms with Gasteiger partial charge in [-0.25, -0.2) is 10.4 Å². The Morgan fingerprint density at radius 1 is 1.31 bits per heavy atom. The maximum Gasteiger partial charge on any atom is 0.257 e. The van der Waals surface area contributed by atoms with E-state index in [9.17, 15) is 4.79 Å². The van der Waals surface area contributed by atoms with Gasteiger partial charge in [-0.3, -0.25) is 4.79 Å². The number of benzene rings is 2. The smallest absolute Gasteiger partial charge is 0.257 e. The van der Waals surface area contributed by atoms with Crippen molar-refractivity contribution in [3.63, 3.8) is 0 Å². The van der Waals surface area contributed by atoms with Gasteiger partial charge in [-0.2, -0.15) is 5.10 Å². The second-order valence-electron chi connectivity index (χ2n) is 5.26. The number of nitrogens with zero attached hydrogens (tertiary/aromatic N) is 2. The first-order valence-electron chi connectivity index (χ1n) is 7.58. The van der Waals surface area contributed by atoms with Gasteiger partial charge in [-0.1, -0.05) is 35.5 Å². The maximum absolute atomic E-state index is 11.9. The molecule has 1 amide bonds. The number of halogens is 1. The molecule has 132 valence electrons. The van der Waals surface area contributed by atoms with Crippen molar-refractivity contribution in [1.29, 1.82) is 0 Å². The van der Waals surface area contributed by atoms with Crippen LogP contribution in [0, 0.1) is 0 Å². The number of hydrogen-bond donors (Lipinski definition) is 1. The average Bonchev–Trinajstić information content (AvgIpc) is 3.25. The van der Waals surface area contributed by atoms with E-state index < -0.39 is 0 Å².